The summed E-state index contributed by atoms with van der Waals surface area (Å²) in [5.74, 6) is -0.964. The Morgan fingerprint density at radius 3 is 2.48 bits per heavy atom. The molecule has 1 amide bonds. The van der Waals surface area contributed by atoms with Gasteiger partial charge in [-0.15, -0.1) is 0 Å². The van der Waals surface area contributed by atoms with Crippen LogP contribution in [0.5, 0.6) is 5.75 Å². The van der Waals surface area contributed by atoms with Gasteiger partial charge >= 0.3 is 5.97 Å². The summed E-state index contributed by atoms with van der Waals surface area (Å²) >= 11 is 0. The molecule has 0 aromatic heterocycles. The number of carboxylic acid groups (broad SMARTS) is 1. The highest BCUT2D eigenvalue weighted by atomic mass is 16.5. The van der Waals surface area contributed by atoms with Crippen LogP contribution in [-0.4, -0.2) is 24.1 Å². The number of nitrogens with one attached hydrogen (secondary N) is 1. The number of nitriles is 1. The van der Waals surface area contributed by atoms with Crippen molar-refractivity contribution in [3.63, 3.8) is 0 Å². The molecule has 0 aliphatic heterocycles. The number of anilines is 1. The minimum absolute atomic E-state index is 0.0601. The van der Waals surface area contributed by atoms with E-state index in [1.807, 2.05) is 0 Å². The van der Waals surface area contributed by atoms with Gasteiger partial charge in [-0.1, -0.05) is 18.2 Å². The van der Waals surface area contributed by atoms with E-state index in [0.717, 1.165) is 0 Å². The minimum atomic E-state index is -1.10. The van der Waals surface area contributed by atoms with E-state index in [2.05, 4.69) is 5.32 Å². The van der Waals surface area contributed by atoms with Crippen LogP contribution in [0.3, 0.4) is 0 Å². The normalized spacial score (nSPS) is 9.74. The highest BCUT2D eigenvalue weighted by Gasteiger charge is 2.17. The molecule has 0 unspecified atom stereocenters. The van der Waals surface area contributed by atoms with E-state index in [9.17, 15) is 14.7 Å². The average Bonchev–Trinajstić information content (AvgIpc) is 2.55. The van der Waals surface area contributed by atoms with E-state index in [-0.39, 0.29) is 12.0 Å². The smallest absolute Gasteiger partial charge is 0.336 e. The van der Waals surface area contributed by atoms with Gasteiger partial charge < -0.3 is 15.2 Å². The lowest BCUT2D eigenvalue weighted by molar-refractivity contribution is -0.115. The molecule has 0 radical (unpaired) electrons. The Hall–Kier alpha value is -3.33. The van der Waals surface area contributed by atoms with Gasteiger partial charge in [0.2, 0.25) is 5.91 Å². The topological polar surface area (TPSA) is 99.4 Å². The number of nitrogens with zero attached hydrogens (tertiary/aromatic N) is 1. The second kappa shape index (κ2) is 7.09. The maximum absolute atomic E-state index is 11.7. The van der Waals surface area contributed by atoms with Gasteiger partial charge in [0.15, 0.2) is 0 Å². The molecule has 6 heteroatoms. The molecule has 2 aromatic rings. The van der Waals surface area contributed by atoms with Gasteiger partial charge in [0.25, 0.3) is 0 Å². The maximum atomic E-state index is 11.7. The number of carbonyl (C=O) groups excluding carboxylic acids is 1. The lowest BCUT2D eigenvalue weighted by Crippen LogP contribution is -2.12. The quantitative estimate of drug-likeness (QED) is 0.884. The first-order valence-electron chi connectivity index (χ1n) is 6.74. The van der Waals surface area contributed by atoms with Crippen molar-refractivity contribution in [2.45, 2.75) is 6.42 Å². The molecule has 0 spiro atoms. The van der Waals surface area contributed by atoms with Crippen molar-refractivity contribution in [3.05, 3.63) is 48.0 Å². The van der Waals surface area contributed by atoms with Crippen molar-refractivity contribution < 1.29 is 19.4 Å². The summed E-state index contributed by atoms with van der Waals surface area (Å²) in [7, 11) is 1.54. The second-order valence-electron chi connectivity index (χ2n) is 4.64. The van der Waals surface area contributed by atoms with Crippen LogP contribution in [0, 0.1) is 11.3 Å². The Morgan fingerprint density at radius 1 is 1.22 bits per heavy atom. The van der Waals surface area contributed by atoms with E-state index in [0.29, 0.717) is 22.6 Å². The van der Waals surface area contributed by atoms with Crippen molar-refractivity contribution in [1.82, 2.24) is 0 Å². The lowest BCUT2D eigenvalue weighted by atomic mass is 9.97. The van der Waals surface area contributed by atoms with Gasteiger partial charge in [0, 0.05) is 11.3 Å². The van der Waals surface area contributed by atoms with Crippen molar-refractivity contribution in [2.75, 3.05) is 12.4 Å². The van der Waals surface area contributed by atoms with Gasteiger partial charge in [-0.05, 0) is 29.8 Å². The number of methoxy groups -OCH3 is 1. The number of benzene rings is 2. The summed E-state index contributed by atoms with van der Waals surface area (Å²) in [6, 6.07) is 13.2. The zero-order valence-corrected chi connectivity index (χ0v) is 12.4. The van der Waals surface area contributed by atoms with Crippen LogP contribution in [0.2, 0.25) is 0 Å². The molecule has 0 aliphatic carbocycles. The third kappa shape index (κ3) is 3.66. The van der Waals surface area contributed by atoms with Gasteiger partial charge in [0.05, 0.1) is 18.7 Å². The van der Waals surface area contributed by atoms with Gasteiger partial charge in [-0.3, -0.25) is 4.79 Å². The van der Waals surface area contributed by atoms with Crippen LogP contribution in [0.4, 0.5) is 5.69 Å². The molecule has 2 rings (SSSR count). The maximum Gasteiger partial charge on any atom is 0.336 e. The summed E-state index contributed by atoms with van der Waals surface area (Å²) in [6.45, 7) is 0. The second-order valence-corrected chi connectivity index (χ2v) is 4.64. The Bertz CT molecular complexity index is 776. The number of carbonyl (C=O) groups is 2. The van der Waals surface area contributed by atoms with E-state index in [1.54, 1.807) is 42.5 Å². The molecule has 23 heavy (non-hydrogen) atoms. The molecule has 2 aromatic carbocycles. The summed E-state index contributed by atoms with van der Waals surface area (Å²) in [6.07, 6.45) is -0.306. The summed E-state index contributed by atoms with van der Waals surface area (Å²) in [5, 5.41) is 20.6. The first-order valence-corrected chi connectivity index (χ1v) is 6.74. The number of ether oxygens (including phenoxy) is 1. The van der Waals surface area contributed by atoms with Crippen molar-refractivity contribution >= 4 is 17.6 Å². The molecule has 0 atom stereocenters. The predicted molar refractivity (Wildman–Crippen MR) is 84.2 cm³/mol. The fourth-order valence-electron chi connectivity index (χ4n) is 2.17. The fraction of sp³-hybridized carbons (Fsp3) is 0.118. The fourth-order valence-corrected chi connectivity index (χ4v) is 2.17. The number of carboxylic acids is 1. The van der Waals surface area contributed by atoms with E-state index in [1.165, 1.54) is 13.2 Å². The number of amides is 1. The number of hydrogen-bond acceptors (Lipinski definition) is 4. The first kappa shape index (κ1) is 16.0. The molecule has 0 fully saturated rings. The van der Waals surface area contributed by atoms with E-state index < -0.39 is 11.9 Å². The average molecular weight is 310 g/mol. The van der Waals surface area contributed by atoms with Gasteiger partial charge in [-0.2, -0.15) is 5.26 Å². The Kier molecular flexibility index (Phi) is 4.95. The summed E-state index contributed by atoms with van der Waals surface area (Å²) in [5.41, 5.74) is 1.41. The van der Waals surface area contributed by atoms with E-state index in [4.69, 9.17) is 10.00 Å². The Labute approximate surface area is 132 Å². The highest BCUT2D eigenvalue weighted by Crippen LogP contribution is 2.33. The molecule has 0 saturated heterocycles. The zero-order valence-electron chi connectivity index (χ0n) is 12.4. The molecule has 0 aliphatic rings. The highest BCUT2D eigenvalue weighted by molar-refractivity contribution is 6.04. The first-order chi connectivity index (χ1) is 11.1. The van der Waals surface area contributed by atoms with Crippen molar-refractivity contribution in [3.8, 4) is 22.9 Å². The number of aromatic carboxylic acids is 1. The molecule has 0 heterocycles. The Morgan fingerprint density at radius 2 is 1.91 bits per heavy atom. The van der Waals surface area contributed by atoms with Gasteiger partial charge in [0.1, 0.15) is 12.2 Å². The lowest BCUT2D eigenvalue weighted by Gasteiger charge is -2.14. The van der Waals surface area contributed by atoms with Crippen molar-refractivity contribution in [1.29, 1.82) is 5.26 Å². The third-order valence-corrected chi connectivity index (χ3v) is 3.19. The summed E-state index contributed by atoms with van der Waals surface area (Å²) in [4.78, 5) is 23.2. The number of rotatable bonds is 5. The Balaban J connectivity index is 2.54. The molecule has 6 nitrogen and oxygen atoms in total. The third-order valence-electron chi connectivity index (χ3n) is 3.19. The van der Waals surface area contributed by atoms with Crippen molar-refractivity contribution in [2.24, 2.45) is 0 Å². The van der Waals surface area contributed by atoms with E-state index >= 15 is 0 Å². The van der Waals surface area contributed by atoms with Crippen LogP contribution >= 0.6 is 0 Å². The standard InChI is InChI=1S/C17H14N2O4/c1-23-12-7-5-11(6-8-12)16-13(17(21)22)3-2-4-14(16)19-15(20)9-10-18/h2-8H,9H2,1H3,(H,19,20)(H,21,22). The molecule has 0 bridgehead atoms. The molecule has 116 valence electrons. The number of hydrogen-bond donors (Lipinski definition) is 2. The SMILES string of the molecule is COc1ccc(-c2c(NC(=O)CC#N)cccc2C(=O)O)cc1. The van der Waals surface area contributed by atoms with Crippen LogP contribution in [0.1, 0.15) is 16.8 Å². The van der Waals surface area contributed by atoms with Crippen LogP contribution < -0.4 is 10.1 Å². The zero-order chi connectivity index (χ0) is 16.8. The monoisotopic (exact) mass is 310 g/mol. The van der Waals surface area contributed by atoms with Crippen LogP contribution in [-0.2, 0) is 4.79 Å². The molecular formula is C17H14N2O4. The van der Waals surface area contributed by atoms with Crippen LogP contribution in [0.25, 0.3) is 11.1 Å². The largest absolute Gasteiger partial charge is 0.497 e. The molecule has 0 saturated carbocycles. The van der Waals surface area contributed by atoms with Gasteiger partial charge in [-0.25, -0.2) is 4.79 Å². The minimum Gasteiger partial charge on any atom is -0.497 e. The predicted octanol–water partition coefficient (Wildman–Crippen LogP) is 2.91. The summed E-state index contributed by atoms with van der Waals surface area (Å²) < 4.78 is 5.09. The molecular weight excluding hydrogens is 296 g/mol. The van der Waals surface area contributed by atoms with Crippen LogP contribution in [0.15, 0.2) is 42.5 Å². The molecule has 2 N–H and O–H groups in total.